The van der Waals surface area contributed by atoms with Crippen LogP contribution in [0.5, 0.6) is 0 Å². The molecule has 1 N–H and O–H groups in total. The number of nitrogens with one attached hydrogen (secondary N) is 1. The maximum Gasteiger partial charge on any atom is 0.258 e. The fourth-order valence-electron chi connectivity index (χ4n) is 3.00. The van der Waals surface area contributed by atoms with Gasteiger partial charge in [-0.3, -0.25) is 9.78 Å². The van der Waals surface area contributed by atoms with Gasteiger partial charge < -0.3 is 5.32 Å². The van der Waals surface area contributed by atoms with Crippen molar-refractivity contribution in [3.63, 3.8) is 0 Å². The number of anilines is 1. The van der Waals surface area contributed by atoms with Crippen molar-refractivity contribution in [2.24, 2.45) is 0 Å². The van der Waals surface area contributed by atoms with E-state index in [0.717, 1.165) is 28.1 Å². The van der Waals surface area contributed by atoms with Crippen LogP contribution in [-0.4, -0.2) is 30.9 Å². The number of aryl methyl sites for hydroxylation is 3. The van der Waals surface area contributed by atoms with E-state index in [-0.39, 0.29) is 5.91 Å². The third-order valence-corrected chi connectivity index (χ3v) is 4.43. The van der Waals surface area contributed by atoms with E-state index < -0.39 is 0 Å². The lowest BCUT2D eigenvalue weighted by Gasteiger charge is -2.09. The van der Waals surface area contributed by atoms with Gasteiger partial charge in [-0.05, 0) is 44.5 Å². The molecule has 144 valence electrons. The maximum absolute atomic E-state index is 12.9. The van der Waals surface area contributed by atoms with Gasteiger partial charge in [0.15, 0.2) is 5.82 Å². The summed E-state index contributed by atoms with van der Waals surface area (Å²) < 4.78 is 1.57. The highest BCUT2D eigenvalue weighted by Gasteiger charge is 2.14. The molecule has 3 heterocycles. The van der Waals surface area contributed by atoms with Gasteiger partial charge in [-0.1, -0.05) is 29.8 Å². The van der Waals surface area contributed by atoms with Crippen molar-refractivity contribution in [2.45, 2.75) is 20.8 Å². The van der Waals surface area contributed by atoms with Crippen molar-refractivity contribution in [3.05, 3.63) is 83.4 Å². The Kier molecular flexibility index (Phi) is 4.87. The minimum atomic E-state index is -0.270. The molecular formula is C22H20N6O. The molecule has 1 aromatic carbocycles. The van der Waals surface area contributed by atoms with E-state index >= 15 is 0 Å². The first kappa shape index (κ1) is 18.5. The molecule has 0 fully saturated rings. The standard InChI is InChI=1S/C22H20N6O/c1-14-5-4-6-17(9-14)18-11-19(13-23-12-18)22(29)24-21-10-16(3)27-28(21)20-8-7-15(2)25-26-20/h4-13H,1-3H3,(H,24,29). The number of aromatic nitrogens is 5. The van der Waals surface area contributed by atoms with Crippen molar-refractivity contribution in [2.75, 3.05) is 5.32 Å². The number of pyridine rings is 1. The average Bonchev–Trinajstić information content (AvgIpc) is 3.08. The van der Waals surface area contributed by atoms with Crippen molar-refractivity contribution in [1.82, 2.24) is 25.0 Å². The van der Waals surface area contributed by atoms with E-state index in [1.165, 1.54) is 0 Å². The molecule has 4 aromatic rings. The Morgan fingerprint density at radius 3 is 2.52 bits per heavy atom. The summed E-state index contributed by atoms with van der Waals surface area (Å²) in [6, 6.07) is 15.4. The summed E-state index contributed by atoms with van der Waals surface area (Å²) >= 11 is 0. The number of nitrogens with zero attached hydrogens (tertiary/aromatic N) is 5. The predicted molar refractivity (Wildman–Crippen MR) is 111 cm³/mol. The first-order chi connectivity index (χ1) is 14.0. The molecular weight excluding hydrogens is 364 g/mol. The summed E-state index contributed by atoms with van der Waals surface area (Å²) in [5.74, 6) is 0.783. The zero-order chi connectivity index (χ0) is 20.4. The number of amides is 1. The Morgan fingerprint density at radius 2 is 1.76 bits per heavy atom. The molecule has 1 amide bonds. The molecule has 0 unspecified atom stereocenters. The van der Waals surface area contributed by atoms with Gasteiger partial charge in [-0.15, -0.1) is 5.10 Å². The Morgan fingerprint density at radius 1 is 0.897 bits per heavy atom. The Labute approximate surface area is 168 Å². The fraction of sp³-hybridized carbons (Fsp3) is 0.136. The van der Waals surface area contributed by atoms with Crippen molar-refractivity contribution in [3.8, 4) is 16.9 Å². The van der Waals surface area contributed by atoms with Gasteiger partial charge in [-0.2, -0.15) is 14.9 Å². The molecule has 3 aromatic heterocycles. The first-order valence-corrected chi connectivity index (χ1v) is 9.20. The van der Waals surface area contributed by atoms with E-state index in [0.29, 0.717) is 17.2 Å². The molecule has 29 heavy (non-hydrogen) atoms. The van der Waals surface area contributed by atoms with Crippen LogP contribution in [-0.2, 0) is 0 Å². The molecule has 0 spiro atoms. The molecule has 4 rings (SSSR count). The van der Waals surface area contributed by atoms with Crippen molar-refractivity contribution < 1.29 is 4.79 Å². The predicted octanol–water partition coefficient (Wildman–Crippen LogP) is 3.90. The molecule has 0 saturated carbocycles. The summed E-state index contributed by atoms with van der Waals surface area (Å²) in [5, 5.41) is 15.5. The highest BCUT2D eigenvalue weighted by molar-refractivity contribution is 6.04. The molecule has 0 aliphatic heterocycles. The van der Waals surface area contributed by atoms with Gasteiger partial charge in [0.2, 0.25) is 0 Å². The van der Waals surface area contributed by atoms with Crippen LogP contribution in [0, 0.1) is 20.8 Å². The second kappa shape index (κ2) is 7.63. The van der Waals surface area contributed by atoms with Crippen LogP contribution >= 0.6 is 0 Å². The molecule has 0 saturated heterocycles. The second-order valence-corrected chi connectivity index (χ2v) is 6.90. The number of carbonyl (C=O) groups excluding carboxylic acids is 1. The molecule has 0 atom stereocenters. The van der Waals surface area contributed by atoms with Crippen LogP contribution in [0.25, 0.3) is 16.9 Å². The summed E-state index contributed by atoms with van der Waals surface area (Å²) in [5.41, 5.74) is 5.08. The number of carbonyl (C=O) groups is 1. The van der Waals surface area contributed by atoms with Crippen LogP contribution in [0.15, 0.2) is 60.9 Å². The van der Waals surface area contributed by atoms with Crippen LogP contribution in [0.4, 0.5) is 5.82 Å². The lowest BCUT2D eigenvalue weighted by Crippen LogP contribution is -2.16. The molecule has 7 heteroatoms. The molecule has 0 aliphatic carbocycles. The Bertz CT molecular complexity index is 1180. The summed E-state index contributed by atoms with van der Waals surface area (Å²) in [4.78, 5) is 17.1. The molecule has 0 aliphatic rings. The Balaban J connectivity index is 1.62. The smallest absolute Gasteiger partial charge is 0.258 e. The molecule has 7 nitrogen and oxygen atoms in total. The summed E-state index contributed by atoms with van der Waals surface area (Å²) in [7, 11) is 0. The number of hydrogen-bond donors (Lipinski definition) is 1. The first-order valence-electron chi connectivity index (χ1n) is 9.20. The summed E-state index contributed by atoms with van der Waals surface area (Å²) in [6.45, 7) is 5.75. The average molecular weight is 384 g/mol. The van der Waals surface area contributed by atoms with Gasteiger partial charge in [0.05, 0.1) is 17.0 Å². The fourth-order valence-corrected chi connectivity index (χ4v) is 3.00. The zero-order valence-electron chi connectivity index (χ0n) is 16.4. The van der Waals surface area contributed by atoms with E-state index in [1.54, 1.807) is 23.1 Å². The SMILES string of the molecule is Cc1cccc(-c2cncc(C(=O)Nc3cc(C)nn3-c3ccc(C)nn3)c2)c1. The lowest BCUT2D eigenvalue weighted by molar-refractivity contribution is 0.102. The van der Waals surface area contributed by atoms with Crippen LogP contribution in [0.2, 0.25) is 0 Å². The minimum Gasteiger partial charge on any atom is -0.306 e. The highest BCUT2D eigenvalue weighted by atomic mass is 16.1. The van der Waals surface area contributed by atoms with E-state index in [9.17, 15) is 4.79 Å². The van der Waals surface area contributed by atoms with Crippen molar-refractivity contribution in [1.29, 1.82) is 0 Å². The quantitative estimate of drug-likeness (QED) is 0.577. The van der Waals surface area contributed by atoms with Gasteiger partial charge in [0.1, 0.15) is 5.82 Å². The number of hydrogen-bond acceptors (Lipinski definition) is 5. The third-order valence-electron chi connectivity index (χ3n) is 4.43. The van der Waals surface area contributed by atoms with Gasteiger partial charge in [-0.25, -0.2) is 0 Å². The van der Waals surface area contributed by atoms with Gasteiger partial charge in [0, 0.05) is 24.0 Å². The van der Waals surface area contributed by atoms with Crippen LogP contribution in [0.1, 0.15) is 27.3 Å². The minimum absolute atomic E-state index is 0.270. The van der Waals surface area contributed by atoms with Crippen molar-refractivity contribution >= 4 is 11.7 Å². The van der Waals surface area contributed by atoms with Gasteiger partial charge >= 0.3 is 0 Å². The van der Waals surface area contributed by atoms with E-state index in [2.05, 4.69) is 31.7 Å². The highest BCUT2D eigenvalue weighted by Crippen LogP contribution is 2.22. The number of rotatable bonds is 4. The largest absolute Gasteiger partial charge is 0.306 e. The second-order valence-electron chi connectivity index (χ2n) is 6.90. The molecule has 0 radical (unpaired) electrons. The van der Waals surface area contributed by atoms with E-state index in [1.807, 2.05) is 57.2 Å². The zero-order valence-corrected chi connectivity index (χ0v) is 16.4. The monoisotopic (exact) mass is 384 g/mol. The van der Waals surface area contributed by atoms with E-state index in [4.69, 9.17) is 0 Å². The lowest BCUT2D eigenvalue weighted by atomic mass is 10.0. The molecule has 0 bridgehead atoms. The van der Waals surface area contributed by atoms with Crippen LogP contribution in [0.3, 0.4) is 0 Å². The topological polar surface area (TPSA) is 85.6 Å². The number of benzene rings is 1. The normalized spacial score (nSPS) is 10.7. The third kappa shape index (κ3) is 4.03. The van der Waals surface area contributed by atoms with Crippen LogP contribution < -0.4 is 5.32 Å². The summed E-state index contributed by atoms with van der Waals surface area (Å²) in [6.07, 6.45) is 3.30. The maximum atomic E-state index is 12.9. The van der Waals surface area contributed by atoms with Gasteiger partial charge in [0.25, 0.3) is 5.91 Å². The Hall–Kier alpha value is -3.87.